The maximum Gasteiger partial charge on any atom is 0.311 e. The Morgan fingerprint density at radius 2 is 2.12 bits per heavy atom. The number of aromatic amines is 1. The summed E-state index contributed by atoms with van der Waals surface area (Å²) < 4.78 is 0. The predicted octanol–water partition coefficient (Wildman–Crippen LogP) is 2.24. The first kappa shape index (κ1) is 18.1. The molecule has 1 aromatic carbocycles. The van der Waals surface area contributed by atoms with Crippen molar-refractivity contribution in [3.05, 3.63) is 61.3 Å². The highest BCUT2D eigenvalue weighted by Crippen LogP contribution is 2.31. The number of para-hydroxylation sites is 1. The molecule has 1 aliphatic heterocycles. The number of aromatic nitrogens is 2. The molecule has 1 aliphatic rings. The van der Waals surface area contributed by atoms with E-state index in [9.17, 15) is 20.0 Å². The third-order valence-corrected chi connectivity index (χ3v) is 4.55. The molecule has 2 N–H and O–H groups in total. The number of nitro benzene ring substituents is 1. The van der Waals surface area contributed by atoms with Gasteiger partial charge in [0.25, 0.3) is 5.56 Å². The molecule has 0 radical (unpaired) electrons. The molecule has 0 bridgehead atoms. The molecule has 0 saturated carbocycles. The van der Waals surface area contributed by atoms with Crippen LogP contribution >= 0.6 is 0 Å². The van der Waals surface area contributed by atoms with Crippen LogP contribution in [-0.4, -0.2) is 31.4 Å². The lowest BCUT2D eigenvalue weighted by Gasteiger charge is -2.29. The van der Waals surface area contributed by atoms with Crippen LogP contribution in [0, 0.1) is 10.1 Å². The standard InChI is InChI=1S/C18H22N4O4/c1-18(2,3)17-19-13-10-21(8-7-12(13)16(24)20-17)9-11-5-4-6-14(15(11)23)22(25)26/h4-6,23H,7-10H2,1-3H3,(H,19,20,24). The minimum absolute atomic E-state index is 0.0993. The van der Waals surface area contributed by atoms with Crippen molar-refractivity contribution in [2.45, 2.75) is 45.7 Å². The van der Waals surface area contributed by atoms with Crippen LogP contribution in [0.2, 0.25) is 0 Å². The predicted molar refractivity (Wildman–Crippen MR) is 96.1 cm³/mol. The van der Waals surface area contributed by atoms with Gasteiger partial charge >= 0.3 is 5.69 Å². The fourth-order valence-corrected chi connectivity index (χ4v) is 3.08. The molecule has 2 heterocycles. The zero-order valence-corrected chi connectivity index (χ0v) is 15.1. The van der Waals surface area contributed by atoms with Gasteiger partial charge in [0.1, 0.15) is 5.82 Å². The van der Waals surface area contributed by atoms with E-state index in [1.165, 1.54) is 6.07 Å². The number of fused-ring (bicyclic) bond motifs is 1. The molecule has 3 rings (SSSR count). The summed E-state index contributed by atoms with van der Waals surface area (Å²) in [5.41, 5.74) is 1.24. The highest BCUT2D eigenvalue weighted by atomic mass is 16.6. The minimum Gasteiger partial charge on any atom is -0.502 e. The van der Waals surface area contributed by atoms with Gasteiger partial charge < -0.3 is 10.1 Å². The number of aromatic hydroxyl groups is 1. The third-order valence-electron chi connectivity index (χ3n) is 4.55. The second-order valence-electron chi connectivity index (χ2n) is 7.59. The molecule has 0 unspecified atom stereocenters. The number of nitrogens with zero attached hydrogens (tertiary/aromatic N) is 3. The van der Waals surface area contributed by atoms with Crippen molar-refractivity contribution in [3.63, 3.8) is 0 Å². The van der Waals surface area contributed by atoms with Crippen molar-refractivity contribution in [3.8, 4) is 5.75 Å². The molecule has 2 aromatic rings. The topological polar surface area (TPSA) is 112 Å². The monoisotopic (exact) mass is 358 g/mol. The first-order valence-electron chi connectivity index (χ1n) is 8.47. The SMILES string of the molecule is CC(C)(C)c1nc2c(c(=O)[nH]1)CCN(Cc1cccc([N+](=O)[O-])c1O)C2. The lowest BCUT2D eigenvalue weighted by atomic mass is 9.95. The smallest absolute Gasteiger partial charge is 0.311 e. The molecule has 0 saturated heterocycles. The summed E-state index contributed by atoms with van der Waals surface area (Å²) in [7, 11) is 0. The average Bonchev–Trinajstić information content (AvgIpc) is 2.55. The van der Waals surface area contributed by atoms with E-state index in [1.807, 2.05) is 25.7 Å². The van der Waals surface area contributed by atoms with E-state index >= 15 is 0 Å². The number of phenolic OH excluding ortho intramolecular Hbond substituents is 1. The molecule has 8 heteroatoms. The number of hydrogen-bond acceptors (Lipinski definition) is 6. The Bertz CT molecular complexity index is 914. The van der Waals surface area contributed by atoms with Crippen molar-refractivity contribution in [1.29, 1.82) is 0 Å². The van der Waals surface area contributed by atoms with Gasteiger partial charge in [0.2, 0.25) is 0 Å². The van der Waals surface area contributed by atoms with Gasteiger partial charge in [0, 0.05) is 42.2 Å². The number of rotatable bonds is 3. The van der Waals surface area contributed by atoms with Gasteiger partial charge in [-0.05, 0) is 6.42 Å². The first-order valence-corrected chi connectivity index (χ1v) is 8.47. The van der Waals surface area contributed by atoms with Crippen LogP contribution in [0.25, 0.3) is 0 Å². The molecular weight excluding hydrogens is 336 g/mol. The first-order chi connectivity index (χ1) is 12.2. The Kier molecular flexibility index (Phi) is 4.53. The van der Waals surface area contributed by atoms with Gasteiger partial charge in [-0.15, -0.1) is 0 Å². The lowest BCUT2D eigenvalue weighted by molar-refractivity contribution is -0.385. The van der Waals surface area contributed by atoms with Crippen molar-refractivity contribution >= 4 is 5.69 Å². The molecule has 1 aromatic heterocycles. The lowest BCUT2D eigenvalue weighted by Crippen LogP contribution is -2.36. The zero-order valence-electron chi connectivity index (χ0n) is 15.1. The van der Waals surface area contributed by atoms with Gasteiger partial charge in [-0.2, -0.15) is 0 Å². The van der Waals surface area contributed by atoms with E-state index in [4.69, 9.17) is 0 Å². The summed E-state index contributed by atoms with van der Waals surface area (Å²) in [6, 6.07) is 4.51. The summed E-state index contributed by atoms with van der Waals surface area (Å²) in [5, 5.41) is 21.1. The van der Waals surface area contributed by atoms with Crippen LogP contribution < -0.4 is 5.56 Å². The summed E-state index contributed by atoms with van der Waals surface area (Å²) in [5.74, 6) is 0.332. The van der Waals surface area contributed by atoms with E-state index in [2.05, 4.69) is 9.97 Å². The van der Waals surface area contributed by atoms with Crippen molar-refractivity contribution in [2.75, 3.05) is 6.54 Å². The molecule has 0 fully saturated rings. The van der Waals surface area contributed by atoms with Crippen molar-refractivity contribution in [1.82, 2.24) is 14.9 Å². The number of nitrogens with one attached hydrogen (secondary N) is 1. The molecule has 0 amide bonds. The Balaban J connectivity index is 1.87. The van der Waals surface area contributed by atoms with Crippen LogP contribution in [0.4, 0.5) is 5.69 Å². The van der Waals surface area contributed by atoms with E-state index in [-0.39, 0.29) is 22.4 Å². The molecule has 138 valence electrons. The van der Waals surface area contributed by atoms with Crippen LogP contribution in [0.15, 0.2) is 23.0 Å². The Labute approximate surface area is 150 Å². The second-order valence-corrected chi connectivity index (χ2v) is 7.59. The van der Waals surface area contributed by atoms with E-state index in [0.29, 0.717) is 43.0 Å². The molecule has 0 aliphatic carbocycles. The maximum absolute atomic E-state index is 12.3. The van der Waals surface area contributed by atoms with Crippen molar-refractivity contribution in [2.24, 2.45) is 0 Å². The summed E-state index contributed by atoms with van der Waals surface area (Å²) in [4.78, 5) is 32.3. The summed E-state index contributed by atoms with van der Waals surface area (Å²) in [6.45, 7) is 7.39. The number of H-pyrrole nitrogens is 1. The Morgan fingerprint density at radius 3 is 2.77 bits per heavy atom. The average molecular weight is 358 g/mol. The van der Waals surface area contributed by atoms with E-state index in [1.54, 1.807) is 12.1 Å². The molecule has 8 nitrogen and oxygen atoms in total. The fraction of sp³-hybridized carbons (Fsp3) is 0.444. The highest BCUT2D eigenvalue weighted by molar-refractivity contribution is 5.50. The quantitative estimate of drug-likeness (QED) is 0.643. The van der Waals surface area contributed by atoms with Gasteiger partial charge in [-0.1, -0.05) is 32.9 Å². The van der Waals surface area contributed by atoms with E-state index < -0.39 is 4.92 Å². The van der Waals surface area contributed by atoms with Crippen LogP contribution in [0.5, 0.6) is 5.75 Å². The summed E-state index contributed by atoms with van der Waals surface area (Å²) >= 11 is 0. The van der Waals surface area contributed by atoms with Gasteiger partial charge in [0.15, 0.2) is 5.75 Å². The van der Waals surface area contributed by atoms with Crippen LogP contribution in [0.3, 0.4) is 0 Å². The van der Waals surface area contributed by atoms with Crippen LogP contribution in [0.1, 0.15) is 43.4 Å². The number of nitro groups is 1. The van der Waals surface area contributed by atoms with Crippen LogP contribution in [-0.2, 0) is 24.9 Å². The van der Waals surface area contributed by atoms with E-state index in [0.717, 1.165) is 5.69 Å². The normalized spacial score (nSPS) is 14.9. The number of hydrogen-bond donors (Lipinski definition) is 2. The molecule has 0 atom stereocenters. The highest BCUT2D eigenvalue weighted by Gasteiger charge is 2.26. The Morgan fingerprint density at radius 1 is 1.38 bits per heavy atom. The summed E-state index contributed by atoms with van der Waals surface area (Å²) in [6.07, 6.45) is 0.553. The second kappa shape index (κ2) is 6.53. The molecule has 26 heavy (non-hydrogen) atoms. The van der Waals surface area contributed by atoms with Gasteiger partial charge in [-0.3, -0.25) is 19.8 Å². The zero-order chi connectivity index (χ0) is 19.1. The third kappa shape index (κ3) is 3.45. The van der Waals surface area contributed by atoms with Gasteiger partial charge in [-0.25, -0.2) is 4.98 Å². The number of phenols is 1. The fourth-order valence-electron chi connectivity index (χ4n) is 3.08. The largest absolute Gasteiger partial charge is 0.502 e. The molecule has 0 spiro atoms. The van der Waals surface area contributed by atoms with Gasteiger partial charge in [0.05, 0.1) is 10.6 Å². The molecular formula is C18H22N4O4. The van der Waals surface area contributed by atoms with Crippen molar-refractivity contribution < 1.29 is 10.0 Å². The maximum atomic E-state index is 12.3. The number of benzene rings is 1. The Hall–Kier alpha value is -2.74. The minimum atomic E-state index is -0.596.